The van der Waals surface area contributed by atoms with Crippen LogP contribution in [0.3, 0.4) is 0 Å². The second-order valence-corrected chi connectivity index (χ2v) is 5.75. The minimum Gasteiger partial charge on any atom is -0.382 e. The average molecular weight is 267 g/mol. The van der Waals surface area contributed by atoms with Crippen molar-refractivity contribution >= 4 is 28.6 Å². The molecule has 1 saturated heterocycles. The van der Waals surface area contributed by atoms with E-state index in [0.717, 1.165) is 25.9 Å². The molecule has 2 heterocycles. The molecule has 0 aromatic rings. The zero-order valence-electron chi connectivity index (χ0n) is 10.7. The number of thioether (sulfide) groups is 1. The molecule has 5 nitrogen and oxygen atoms in total. The molecule has 0 aromatic carbocycles. The van der Waals surface area contributed by atoms with Gasteiger partial charge in [-0.05, 0) is 12.8 Å². The summed E-state index contributed by atoms with van der Waals surface area (Å²) in [6.07, 6.45) is 4.15. The summed E-state index contributed by atoms with van der Waals surface area (Å²) in [6.45, 7) is 1.68. The number of hydrogen-bond donors (Lipinski definition) is 0. The van der Waals surface area contributed by atoms with Gasteiger partial charge in [-0.3, -0.25) is 9.59 Å². The van der Waals surface area contributed by atoms with Gasteiger partial charge in [-0.15, -0.1) is 0 Å². The summed E-state index contributed by atoms with van der Waals surface area (Å²) in [5, 5.41) is 0.616. The SMILES string of the molecule is CN(C)C=C1SC(CC(=O)N2CCCC2)=NC1=O. The van der Waals surface area contributed by atoms with Crippen LogP contribution in [0.25, 0.3) is 0 Å². The van der Waals surface area contributed by atoms with Crippen LogP contribution in [0.1, 0.15) is 19.3 Å². The van der Waals surface area contributed by atoms with Crippen molar-refractivity contribution in [3.05, 3.63) is 11.1 Å². The predicted octanol–water partition coefficient (Wildman–Crippen LogP) is 1.07. The normalized spacial score (nSPS) is 21.7. The number of likely N-dealkylation sites (tertiary alicyclic amines) is 1. The van der Waals surface area contributed by atoms with Crippen LogP contribution >= 0.6 is 11.8 Å². The van der Waals surface area contributed by atoms with E-state index in [-0.39, 0.29) is 18.2 Å². The van der Waals surface area contributed by atoms with Crippen molar-refractivity contribution in [2.24, 2.45) is 4.99 Å². The Labute approximate surface area is 111 Å². The van der Waals surface area contributed by atoms with Crippen LogP contribution in [0.15, 0.2) is 16.1 Å². The van der Waals surface area contributed by atoms with Crippen LogP contribution in [0.4, 0.5) is 0 Å². The largest absolute Gasteiger partial charge is 0.382 e. The second-order valence-electron chi connectivity index (χ2n) is 4.63. The summed E-state index contributed by atoms with van der Waals surface area (Å²) in [5.41, 5.74) is 0. The number of amides is 2. The van der Waals surface area contributed by atoms with Gasteiger partial charge in [-0.2, -0.15) is 0 Å². The fourth-order valence-corrected chi connectivity index (χ4v) is 2.94. The lowest BCUT2D eigenvalue weighted by Crippen LogP contribution is -2.28. The van der Waals surface area contributed by atoms with Gasteiger partial charge in [-0.1, -0.05) is 11.8 Å². The Morgan fingerprint density at radius 3 is 2.72 bits per heavy atom. The number of carbonyl (C=O) groups is 2. The fourth-order valence-electron chi connectivity index (χ4n) is 1.96. The Morgan fingerprint density at radius 1 is 1.44 bits per heavy atom. The first-order valence-corrected chi connectivity index (χ1v) is 6.83. The van der Waals surface area contributed by atoms with Crippen molar-refractivity contribution in [2.75, 3.05) is 27.2 Å². The first-order chi connectivity index (χ1) is 8.56. The Morgan fingerprint density at radius 2 is 2.11 bits per heavy atom. The van der Waals surface area contributed by atoms with E-state index in [1.807, 2.05) is 19.0 Å². The molecule has 98 valence electrons. The van der Waals surface area contributed by atoms with E-state index in [1.165, 1.54) is 11.8 Å². The Kier molecular flexibility index (Phi) is 4.06. The lowest BCUT2D eigenvalue weighted by atomic mass is 10.4. The minimum absolute atomic E-state index is 0.0812. The van der Waals surface area contributed by atoms with Gasteiger partial charge in [0.1, 0.15) is 0 Å². The smallest absolute Gasteiger partial charge is 0.286 e. The molecule has 0 atom stereocenters. The molecule has 1 fully saturated rings. The van der Waals surface area contributed by atoms with Crippen LogP contribution in [0.5, 0.6) is 0 Å². The van der Waals surface area contributed by atoms with Crippen molar-refractivity contribution < 1.29 is 9.59 Å². The van der Waals surface area contributed by atoms with Crippen molar-refractivity contribution in [2.45, 2.75) is 19.3 Å². The first kappa shape index (κ1) is 13.1. The first-order valence-electron chi connectivity index (χ1n) is 6.02. The van der Waals surface area contributed by atoms with Crippen molar-refractivity contribution in [3.63, 3.8) is 0 Å². The lowest BCUT2D eigenvalue weighted by molar-refractivity contribution is -0.128. The van der Waals surface area contributed by atoms with Crippen molar-refractivity contribution in [1.29, 1.82) is 0 Å². The van der Waals surface area contributed by atoms with Gasteiger partial charge in [0.05, 0.1) is 16.4 Å². The number of aliphatic imine (C=N–C) groups is 1. The van der Waals surface area contributed by atoms with Gasteiger partial charge in [0.2, 0.25) is 5.91 Å². The van der Waals surface area contributed by atoms with E-state index in [1.54, 1.807) is 11.1 Å². The molecule has 0 bridgehead atoms. The lowest BCUT2D eigenvalue weighted by Gasteiger charge is -2.14. The molecule has 0 saturated carbocycles. The Balaban J connectivity index is 1.93. The summed E-state index contributed by atoms with van der Waals surface area (Å²) in [4.78, 5) is 31.7. The summed E-state index contributed by atoms with van der Waals surface area (Å²) in [5.74, 6) is -0.157. The fraction of sp³-hybridized carbons (Fsp3) is 0.583. The van der Waals surface area contributed by atoms with Crippen molar-refractivity contribution in [3.8, 4) is 0 Å². The van der Waals surface area contributed by atoms with Gasteiger partial charge in [0.25, 0.3) is 5.91 Å². The maximum Gasteiger partial charge on any atom is 0.286 e. The molecule has 2 aliphatic rings. The predicted molar refractivity (Wildman–Crippen MR) is 72.2 cm³/mol. The molecule has 0 N–H and O–H groups in total. The Hall–Kier alpha value is -1.30. The number of carbonyl (C=O) groups excluding carboxylic acids is 2. The van der Waals surface area contributed by atoms with Gasteiger partial charge in [-0.25, -0.2) is 4.99 Å². The van der Waals surface area contributed by atoms with E-state index in [2.05, 4.69) is 4.99 Å². The maximum atomic E-state index is 11.9. The monoisotopic (exact) mass is 267 g/mol. The highest BCUT2D eigenvalue weighted by Crippen LogP contribution is 2.28. The maximum absolute atomic E-state index is 11.9. The molecular formula is C12H17N3O2S. The third kappa shape index (κ3) is 3.13. The molecule has 0 radical (unpaired) electrons. The average Bonchev–Trinajstić information content (AvgIpc) is 2.89. The third-order valence-corrected chi connectivity index (χ3v) is 3.77. The topological polar surface area (TPSA) is 53.0 Å². The molecule has 0 unspecified atom stereocenters. The standard InChI is InChI=1S/C12H17N3O2S/c1-14(2)8-9-12(17)13-10(18-9)7-11(16)15-5-3-4-6-15/h8H,3-7H2,1-2H3. The number of rotatable bonds is 3. The van der Waals surface area contributed by atoms with E-state index in [4.69, 9.17) is 0 Å². The zero-order valence-corrected chi connectivity index (χ0v) is 11.5. The highest BCUT2D eigenvalue weighted by molar-refractivity contribution is 8.18. The van der Waals surface area contributed by atoms with E-state index < -0.39 is 0 Å². The molecule has 2 amide bonds. The molecule has 6 heteroatoms. The molecule has 2 rings (SSSR count). The van der Waals surface area contributed by atoms with Crippen LogP contribution < -0.4 is 0 Å². The molecule has 0 aromatic heterocycles. The Bertz CT molecular complexity index is 423. The zero-order chi connectivity index (χ0) is 13.1. The molecular weight excluding hydrogens is 250 g/mol. The molecule has 2 aliphatic heterocycles. The van der Waals surface area contributed by atoms with Gasteiger partial charge in [0.15, 0.2) is 0 Å². The number of hydrogen-bond acceptors (Lipinski definition) is 4. The summed E-state index contributed by atoms with van der Waals surface area (Å²) in [7, 11) is 3.71. The molecule has 0 spiro atoms. The van der Waals surface area contributed by atoms with Gasteiger partial charge >= 0.3 is 0 Å². The third-order valence-electron chi connectivity index (χ3n) is 2.80. The van der Waals surface area contributed by atoms with E-state index >= 15 is 0 Å². The quantitative estimate of drug-likeness (QED) is 0.718. The molecule has 18 heavy (non-hydrogen) atoms. The van der Waals surface area contributed by atoms with Gasteiger partial charge in [0, 0.05) is 33.4 Å². The summed E-state index contributed by atoms with van der Waals surface area (Å²) >= 11 is 1.31. The highest BCUT2D eigenvalue weighted by atomic mass is 32.2. The van der Waals surface area contributed by atoms with E-state index in [9.17, 15) is 9.59 Å². The van der Waals surface area contributed by atoms with Crippen LogP contribution in [-0.4, -0.2) is 53.8 Å². The van der Waals surface area contributed by atoms with Crippen LogP contribution in [-0.2, 0) is 9.59 Å². The second kappa shape index (κ2) is 5.56. The number of nitrogens with zero attached hydrogens (tertiary/aromatic N) is 3. The minimum atomic E-state index is -0.238. The summed E-state index contributed by atoms with van der Waals surface area (Å²) in [6, 6.07) is 0. The van der Waals surface area contributed by atoms with Crippen molar-refractivity contribution in [1.82, 2.24) is 9.80 Å². The molecule has 0 aliphatic carbocycles. The van der Waals surface area contributed by atoms with Gasteiger partial charge < -0.3 is 9.80 Å². The summed E-state index contributed by atoms with van der Waals surface area (Å²) < 4.78 is 0. The highest BCUT2D eigenvalue weighted by Gasteiger charge is 2.26. The van der Waals surface area contributed by atoms with Crippen LogP contribution in [0, 0.1) is 0 Å². The van der Waals surface area contributed by atoms with E-state index in [0.29, 0.717) is 9.95 Å². The van der Waals surface area contributed by atoms with Crippen LogP contribution in [0.2, 0.25) is 0 Å².